The molecule has 0 radical (unpaired) electrons. The topological polar surface area (TPSA) is 37.3 Å². The fourth-order valence-corrected chi connectivity index (χ4v) is 2.59. The molecule has 0 unspecified atom stereocenters. The molecule has 0 aromatic heterocycles. The lowest BCUT2D eigenvalue weighted by Crippen LogP contribution is -2.35. The number of carbonyl (C=O) groups is 1. The lowest BCUT2D eigenvalue weighted by atomic mass is 9.74. The van der Waals surface area contributed by atoms with Gasteiger partial charge in [-0.2, -0.15) is 0 Å². The first-order chi connectivity index (χ1) is 9.66. The number of aliphatic carboxylic acids is 1. The van der Waals surface area contributed by atoms with Crippen LogP contribution in [0.15, 0.2) is 60.7 Å². The van der Waals surface area contributed by atoms with Gasteiger partial charge < -0.3 is 5.11 Å². The monoisotopic (exact) mass is 268 g/mol. The molecule has 2 rings (SSSR count). The van der Waals surface area contributed by atoms with E-state index >= 15 is 0 Å². The van der Waals surface area contributed by atoms with Crippen LogP contribution >= 0.6 is 0 Å². The molecular formula is C18H20O2. The molecule has 0 amide bonds. The summed E-state index contributed by atoms with van der Waals surface area (Å²) in [6.07, 6.45) is 1.75. The summed E-state index contributed by atoms with van der Waals surface area (Å²) in [6, 6.07) is 19.7. The van der Waals surface area contributed by atoms with Gasteiger partial charge in [-0.05, 0) is 30.4 Å². The summed E-state index contributed by atoms with van der Waals surface area (Å²) in [5.74, 6) is -0.715. The minimum absolute atomic E-state index is 0.564. The van der Waals surface area contributed by atoms with Crippen LogP contribution in [-0.4, -0.2) is 11.1 Å². The minimum Gasteiger partial charge on any atom is -0.481 e. The van der Waals surface area contributed by atoms with Crippen molar-refractivity contribution >= 4 is 5.97 Å². The second kappa shape index (κ2) is 6.38. The zero-order valence-corrected chi connectivity index (χ0v) is 11.8. The highest BCUT2D eigenvalue weighted by atomic mass is 16.4. The van der Waals surface area contributed by atoms with E-state index in [9.17, 15) is 9.90 Å². The van der Waals surface area contributed by atoms with Gasteiger partial charge in [-0.1, -0.05) is 67.6 Å². The zero-order chi connectivity index (χ0) is 14.4. The summed E-state index contributed by atoms with van der Waals surface area (Å²) < 4.78 is 0. The molecule has 2 nitrogen and oxygen atoms in total. The molecule has 2 heteroatoms. The largest absolute Gasteiger partial charge is 0.481 e. The van der Waals surface area contributed by atoms with Gasteiger partial charge in [0.25, 0.3) is 0 Å². The van der Waals surface area contributed by atoms with Gasteiger partial charge in [0, 0.05) is 0 Å². The molecule has 0 heterocycles. The average Bonchev–Trinajstić information content (AvgIpc) is 2.48. The van der Waals surface area contributed by atoms with Crippen LogP contribution < -0.4 is 0 Å². The molecule has 104 valence electrons. The van der Waals surface area contributed by atoms with Crippen LogP contribution in [0.5, 0.6) is 0 Å². The Balaban J connectivity index is 2.28. The van der Waals surface area contributed by atoms with Gasteiger partial charge in [0.05, 0.1) is 5.41 Å². The van der Waals surface area contributed by atoms with Crippen molar-refractivity contribution in [1.29, 1.82) is 0 Å². The fraction of sp³-hybridized carbons (Fsp3) is 0.278. The lowest BCUT2D eigenvalue weighted by molar-refractivity contribution is -0.149. The highest BCUT2D eigenvalue weighted by Crippen LogP contribution is 2.32. The lowest BCUT2D eigenvalue weighted by Gasteiger charge is -2.28. The Bertz CT molecular complexity index is 505. The van der Waals surface area contributed by atoms with E-state index in [0.717, 1.165) is 11.1 Å². The Kier molecular flexibility index (Phi) is 4.57. The van der Waals surface area contributed by atoms with Gasteiger partial charge in [-0.25, -0.2) is 0 Å². The summed E-state index contributed by atoms with van der Waals surface area (Å²) in [6.45, 7) is 1.96. The van der Waals surface area contributed by atoms with E-state index in [-0.39, 0.29) is 0 Å². The first-order valence-electron chi connectivity index (χ1n) is 6.97. The Morgan fingerprint density at radius 1 is 0.900 bits per heavy atom. The Hall–Kier alpha value is -2.09. The molecule has 0 spiro atoms. The number of rotatable bonds is 6. The van der Waals surface area contributed by atoms with Gasteiger partial charge in [0.15, 0.2) is 0 Å². The van der Waals surface area contributed by atoms with E-state index in [2.05, 4.69) is 0 Å². The summed E-state index contributed by atoms with van der Waals surface area (Å²) in [5, 5.41) is 9.75. The normalized spacial score (nSPS) is 11.2. The third-order valence-corrected chi connectivity index (χ3v) is 3.90. The number of hydrogen-bond acceptors (Lipinski definition) is 1. The summed E-state index contributed by atoms with van der Waals surface area (Å²) >= 11 is 0. The minimum atomic E-state index is -0.733. The molecule has 2 aromatic carbocycles. The second-order valence-corrected chi connectivity index (χ2v) is 5.26. The third-order valence-electron chi connectivity index (χ3n) is 3.90. The third kappa shape index (κ3) is 3.27. The van der Waals surface area contributed by atoms with Crippen molar-refractivity contribution in [2.24, 2.45) is 5.41 Å². The van der Waals surface area contributed by atoms with E-state index in [1.54, 1.807) is 0 Å². The van der Waals surface area contributed by atoms with Gasteiger partial charge in [0.1, 0.15) is 0 Å². The van der Waals surface area contributed by atoms with Crippen molar-refractivity contribution < 1.29 is 9.90 Å². The smallest absolute Gasteiger partial charge is 0.310 e. The maximum atomic E-state index is 11.9. The number of hydrogen-bond donors (Lipinski definition) is 1. The highest BCUT2D eigenvalue weighted by Gasteiger charge is 2.36. The van der Waals surface area contributed by atoms with Crippen LogP contribution in [0, 0.1) is 5.41 Å². The molecule has 0 aliphatic carbocycles. The Morgan fingerprint density at radius 2 is 1.30 bits per heavy atom. The maximum absolute atomic E-state index is 11.9. The van der Waals surface area contributed by atoms with Crippen molar-refractivity contribution in [3.63, 3.8) is 0 Å². The van der Waals surface area contributed by atoms with Crippen LogP contribution in [0.25, 0.3) is 0 Å². The van der Waals surface area contributed by atoms with Crippen LogP contribution in [-0.2, 0) is 17.6 Å². The van der Waals surface area contributed by atoms with Crippen LogP contribution in [0.3, 0.4) is 0 Å². The van der Waals surface area contributed by atoms with Crippen LogP contribution in [0.2, 0.25) is 0 Å². The van der Waals surface area contributed by atoms with E-state index in [1.807, 2.05) is 67.6 Å². The molecule has 0 fully saturated rings. The number of carboxylic acid groups (broad SMARTS) is 1. The number of benzene rings is 2. The zero-order valence-electron chi connectivity index (χ0n) is 11.8. The van der Waals surface area contributed by atoms with Gasteiger partial charge in [0.2, 0.25) is 0 Å². The van der Waals surface area contributed by atoms with Crippen molar-refractivity contribution in [3.05, 3.63) is 71.8 Å². The van der Waals surface area contributed by atoms with Gasteiger partial charge in [-0.3, -0.25) is 4.79 Å². The SMILES string of the molecule is CCC(Cc1ccccc1)(Cc1ccccc1)C(=O)O. The predicted molar refractivity (Wildman–Crippen MR) is 80.7 cm³/mol. The second-order valence-electron chi connectivity index (χ2n) is 5.26. The van der Waals surface area contributed by atoms with E-state index < -0.39 is 11.4 Å². The molecule has 0 saturated heterocycles. The first kappa shape index (κ1) is 14.3. The Morgan fingerprint density at radius 3 is 1.60 bits per heavy atom. The first-order valence-corrected chi connectivity index (χ1v) is 6.97. The molecule has 20 heavy (non-hydrogen) atoms. The van der Waals surface area contributed by atoms with Crippen molar-refractivity contribution in [2.75, 3.05) is 0 Å². The standard InChI is InChI=1S/C18H20O2/c1-2-18(17(19)20,13-15-9-5-3-6-10-15)14-16-11-7-4-8-12-16/h3-12H,2,13-14H2,1H3,(H,19,20). The molecule has 1 N–H and O–H groups in total. The molecule has 0 aliphatic heterocycles. The maximum Gasteiger partial charge on any atom is 0.310 e. The molecule has 0 bridgehead atoms. The molecule has 0 saturated carbocycles. The molecule has 0 atom stereocenters. The molecular weight excluding hydrogens is 248 g/mol. The van der Waals surface area contributed by atoms with Crippen molar-refractivity contribution in [2.45, 2.75) is 26.2 Å². The number of carboxylic acids is 1. The predicted octanol–water partition coefficient (Wildman–Crippen LogP) is 3.95. The van der Waals surface area contributed by atoms with Crippen LogP contribution in [0.4, 0.5) is 0 Å². The van der Waals surface area contributed by atoms with Crippen molar-refractivity contribution in [3.8, 4) is 0 Å². The summed E-state index contributed by atoms with van der Waals surface area (Å²) in [5.41, 5.74) is 1.42. The highest BCUT2D eigenvalue weighted by molar-refractivity contribution is 5.75. The summed E-state index contributed by atoms with van der Waals surface area (Å²) in [4.78, 5) is 11.9. The van der Waals surface area contributed by atoms with Crippen molar-refractivity contribution in [1.82, 2.24) is 0 Å². The quantitative estimate of drug-likeness (QED) is 0.861. The van der Waals surface area contributed by atoms with Gasteiger partial charge in [-0.15, -0.1) is 0 Å². The fourth-order valence-electron chi connectivity index (χ4n) is 2.59. The van der Waals surface area contributed by atoms with E-state index in [4.69, 9.17) is 0 Å². The average molecular weight is 268 g/mol. The Labute approximate surface area is 120 Å². The molecule has 2 aromatic rings. The van der Waals surface area contributed by atoms with Gasteiger partial charge >= 0.3 is 5.97 Å². The summed E-state index contributed by atoms with van der Waals surface area (Å²) in [7, 11) is 0. The van der Waals surface area contributed by atoms with E-state index in [0.29, 0.717) is 19.3 Å². The van der Waals surface area contributed by atoms with E-state index in [1.165, 1.54) is 0 Å². The molecule has 0 aliphatic rings. The van der Waals surface area contributed by atoms with Crippen LogP contribution in [0.1, 0.15) is 24.5 Å².